The Hall–Kier alpha value is -2.14. The van der Waals surface area contributed by atoms with Gasteiger partial charge in [0.15, 0.2) is 0 Å². The van der Waals surface area contributed by atoms with E-state index in [1.165, 1.54) is 12.1 Å². The summed E-state index contributed by atoms with van der Waals surface area (Å²) in [5, 5.41) is 2.00. The van der Waals surface area contributed by atoms with Crippen molar-refractivity contribution in [2.75, 3.05) is 12.4 Å². The molecule has 0 aliphatic carbocycles. The minimum Gasteiger partial charge on any atom is -0.493 e. The van der Waals surface area contributed by atoms with Gasteiger partial charge in [0.05, 0.1) is 12.1 Å². The predicted molar refractivity (Wildman–Crippen MR) is 82.2 cm³/mol. The van der Waals surface area contributed by atoms with Crippen LogP contribution in [0.25, 0.3) is 10.9 Å². The maximum Gasteiger partial charge on any atom is 0.123 e. The van der Waals surface area contributed by atoms with Gasteiger partial charge in [-0.2, -0.15) is 0 Å². The smallest absolute Gasteiger partial charge is 0.123 e. The largest absolute Gasteiger partial charge is 0.493 e. The maximum atomic E-state index is 12.8. The van der Waals surface area contributed by atoms with Crippen molar-refractivity contribution < 1.29 is 9.13 Å². The van der Waals surface area contributed by atoms with Crippen LogP contribution in [0.5, 0.6) is 5.75 Å². The Morgan fingerprint density at radius 3 is 2.67 bits per heavy atom. The molecule has 0 amide bonds. The lowest BCUT2D eigenvalue weighted by Crippen LogP contribution is -2.00. The van der Waals surface area contributed by atoms with Crippen molar-refractivity contribution in [3.63, 3.8) is 0 Å². The molecule has 3 rings (SSSR count). The van der Waals surface area contributed by atoms with E-state index in [4.69, 9.17) is 4.74 Å². The van der Waals surface area contributed by atoms with E-state index in [1.807, 2.05) is 24.3 Å². The van der Waals surface area contributed by atoms with Crippen LogP contribution in [0.3, 0.4) is 0 Å². The second-order valence-electron chi connectivity index (χ2n) is 4.35. The van der Waals surface area contributed by atoms with E-state index < -0.39 is 0 Å². The highest BCUT2D eigenvalue weighted by Crippen LogP contribution is 2.24. The highest BCUT2D eigenvalue weighted by molar-refractivity contribution is 7.99. The van der Waals surface area contributed by atoms with Gasteiger partial charge in [-0.1, -0.05) is 18.2 Å². The van der Waals surface area contributed by atoms with Gasteiger partial charge in [0.25, 0.3) is 0 Å². The third-order valence-corrected chi connectivity index (χ3v) is 3.88. The van der Waals surface area contributed by atoms with Crippen LogP contribution in [0.2, 0.25) is 0 Å². The highest BCUT2D eigenvalue weighted by Gasteiger charge is 2.03. The quantitative estimate of drug-likeness (QED) is 0.406. The SMILES string of the molecule is Fc1ccc(OCCSc2ncnc3ccccc23)cc1. The fraction of sp³-hybridized carbons (Fsp3) is 0.125. The molecule has 0 bridgehead atoms. The first kappa shape index (κ1) is 13.8. The van der Waals surface area contributed by atoms with Gasteiger partial charge in [0, 0.05) is 11.1 Å². The molecule has 0 aliphatic rings. The standard InChI is InChI=1S/C16H13FN2OS/c17-12-5-7-13(8-6-12)20-9-10-21-16-14-3-1-2-4-15(14)18-11-19-16/h1-8,11H,9-10H2. The van der Waals surface area contributed by atoms with E-state index in [9.17, 15) is 4.39 Å². The van der Waals surface area contributed by atoms with Gasteiger partial charge < -0.3 is 4.74 Å². The third-order valence-electron chi connectivity index (χ3n) is 2.91. The molecule has 0 N–H and O–H groups in total. The average Bonchev–Trinajstić information content (AvgIpc) is 2.53. The number of aromatic nitrogens is 2. The summed E-state index contributed by atoms with van der Waals surface area (Å²) in [6.45, 7) is 0.536. The minimum absolute atomic E-state index is 0.260. The number of fused-ring (bicyclic) bond motifs is 1. The molecule has 0 radical (unpaired) electrons. The molecule has 0 atom stereocenters. The molecular formula is C16H13FN2OS. The van der Waals surface area contributed by atoms with Gasteiger partial charge in [-0.25, -0.2) is 14.4 Å². The van der Waals surface area contributed by atoms with E-state index in [0.29, 0.717) is 12.4 Å². The number of nitrogens with zero attached hydrogens (tertiary/aromatic N) is 2. The Kier molecular flexibility index (Phi) is 4.31. The van der Waals surface area contributed by atoms with Crippen LogP contribution in [0.15, 0.2) is 59.9 Å². The summed E-state index contributed by atoms with van der Waals surface area (Å²) in [5.41, 5.74) is 0.939. The van der Waals surface area contributed by atoms with Crippen molar-refractivity contribution in [3.8, 4) is 5.75 Å². The van der Waals surface area contributed by atoms with Crippen LogP contribution in [-0.4, -0.2) is 22.3 Å². The Labute approximate surface area is 126 Å². The highest BCUT2D eigenvalue weighted by atomic mass is 32.2. The van der Waals surface area contributed by atoms with Gasteiger partial charge in [-0.05, 0) is 30.3 Å². The lowest BCUT2D eigenvalue weighted by atomic mass is 10.2. The zero-order chi connectivity index (χ0) is 14.5. The van der Waals surface area contributed by atoms with Crippen LogP contribution >= 0.6 is 11.8 Å². The monoisotopic (exact) mass is 300 g/mol. The molecule has 0 spiro atoms. The third kappa shape index (κ3) is 3.49. The number of hydrogen-bond acceptors (Lipinski definition) is 4. The molecule has 1 aromatic heterocycles. The second kappa shape index (κ2) is 6.54. The van der Waals surface area contributed by atoms with Crippen molar-refractivity contribution >= 4 is 22.7 Å². The molecule has 5 heteroatoms. The van der Waals surface area contributed by atoms with E-state index in [-0.39, 0.29) is 5.82 Å². The van der Waals surface area contributed by atoms with Crippen LogP contribution in [0.4, 0.5) is 4.39 Å². The van der Waals surface area contributed by atoms with Gasteiger partial charge in [-0.3, -0.25) is 0 Å². The summed E-state index contributed by atoms with van der Waals surface area (Å²) in [6.07, 6.45) is 1.57. The minimum atomic E-state index is -0.260. The van der Waals surface area contributed by atoms with Crippen molar-refractivity contribution in [2.45, 2.75) is 5.03 Å². The van der Waals surface area contributed by atoms with Gasteiger partial charge in [0.1, 0.15) is 22.9 Å². The first-order valence-electron chi connectivity index (χ1n) is 6.54. The van der Waals surface area contributed by atoms with E-state index in [1.54, 1.807) is 30.2 Å². The topological polar surface area (TPSA) is 35.0 Å². The Bertz CT molecular complexity index is 728. The van der Waals surface area contributed by atoms with Crippen molar-refractivity contribution in [2.24, 2.45) is 0 Å². The average molecular weight is 300 g/mol. The fourth-order valence-corrected chi connectivity index (χ4v) is 2.73. The number of thioether (sulfide) groups is 1. The number of ether oxygens (including phenoxy) is 1. The molecule has 21 heavy (non-hydrogen) atoms. The molecule has 0 saturated heterocycles. The summed E-state index contributed by atoms with van der Waals surface area (Å²) in [4.78, 5) is 8.54. The molecule has 3 aromatic rings. The Morgan fingerprint density at radius 2 is 1.81 bits per heavy atom. The Morgan fingerprint density at radius 1 is 1.00 bits per heavy atom. The van der Waals surface area contributed by atoms with Crippen LogP contribution in [0, 0.1) is 5.82 Å². The van der Waals surface area contributed by atoms with E-state index >= 15 is 0 Å². The van der Waals surface area contributed by atoms with Crippen LogP contribution in [0.1, 0.15) is 0 Å². The summed E-state index contributed by atoms with van der Waals surface area (Å²) in [7, 11) is 0. The maximum absolute atomic E-state index is 12.8. The molecule has 1 heterocycles. The number of para-hydroxylation sites is 1. The fourth-order valence-electron chi connectivity index (χ4n) is 1.92. The summed E-state index contributed by atoms with van der Waals surface area (Å²) in [6, 6.07) is 13.9. The summed E-state index contributed by atoms with van der Waals surface area (Å²) >= 11 is 1.62. The molecule has 0 saturated carbocycles. The van der Waals surface area contributed by atoms with E-state index in [0.717, 1.165) is 21.7 Å². The van der Waals surface area contributed by atoms with Crippen molar-refractivity contribution in [1.82, 2.24) is 9.97 Å². The first-order valence-corrected chi connectivity index (χ1v) is 7.52. The van der Waals surface area contributed by atoms with Crippen molar-refractivity contribution in [3.05, 3.63) is 60.7 Å². The molecular weight excluding hydrogens is 287 g/mol. The molecule has 0 fully saturated rings. The molecule has 2 aromatic carbocycles. The normalized spacial score (nSPS) is 10.7. The van der Waals surface area contributed by atoms with Crippen molar-refractivity contribution in [1.29, 1.82) is 0 Å². The van der Waals surface area contributed by atoms with Crippen LogP contribution in [-0.2, 0) is 0 Å². The lowest BCUT2D eigenvalue weighted by molar-refractivity contribution is 0.343. The molecule has 3 nitrogen and oxygen atoms in total. The number of rotatable bonds is 5. The first-order chi connectivity index (χ1) is 10.3. The molecule has 106 valence electrons. The van der Waals surface area contributed by atoms with Gasteiger partial charge in [0.2, 0.25) is 0 Å². The van der Waals surface area contributed by atoms with E-state index in [2.05, 4.69) is 9.97 Å². The molecule has 0 unspecified atom stereocenters. The van der Waals surface area contributed by atoms with Gasteiger partial charge in [-0.15, -0.1) is 11.8 Å². The lowest BCUT2D eigenvalue weighted by Gasteiger charge is -2.07. The Balaban J connectivity index is 1.58. The zero-order valence-electron chi connectivity index (χ0n) is 11.2. The zero-order valence-corrected chi connectivity index (χ0v) is 12.0. The number of benzene rings is 2. The number of halogens is 1. The van der Waals surface area contributed by atoms with Crippen LogP contribution < -0.4 is 4.74 Å². The second-order valence-corrected chi connectivity index (χ2v) is 5.43. The van der Waals surface area contributed by atoms with Gasteiger partial charge >= 0.3 is 0 Å². The number of hydrogen-bond donors (Lipinski definition) is 0. The predicted octanol–water partition coefficient (Wildman–Crippen LogP) is 3.94. The summed E-state index contributed by atoms with van der Waals surface area (Å²) in [5.74, 6) is 1.17. The molecule has 0 aliphatic heterocycles. The summed E-state index contributed by atoms with van der Waals surface area (Å²) < 4.78 is 18.3.